The van der Waals surface area contributed by atoms with Crippen LogP contribution in [0.5, 0.6) is 0 Å². The summed E-state index contributed by atoms with van der Waals surface area (Å²) in [6.45, 7) is 3.42. The standard InChI is InChI=1S/C24H24N4O3/c1-16-8-10-17(11-9-16)24-27-26-21(31-24)12-13-22(29)28-14-4-5-18(15-28)23-25-19-6-2-3-7-20(19)30-23/h2-3,6-11,18H,4-5,12-15H2,1H3. The lowest BCUT2D eigenvalue weighted by Crippen LogP contribution is -2.39. The van der Waals surface area contributed by atoms with Gasteiger partial charge in [-0.05, 0) is 44.0 Å². The normalized spacial score (nSPS) is 16.7. The van der Waals surface area contributed by atoms with Gasteiger partial charge in [-0.1, -0.05) is 29.8 Å². The Hall–Kier alpha value is -3.48. The summed E-state index contributed by atoms with van der Waals surface area (Å²) in [6.07, 6.45) is 2.69. The fourth-order valence-electron chi connectivity index (χ4n) is 4.01. The Kier molecular flexibility index (Phi) is 5.24. The van der Waals surface area contributed by atoms with Crippen molar-refractivity contribution in [3.8, 4) is 11.5 Å². The number of amides is 1. The second-order valence-electron chi connectivity index (χ2n) is 8.07. The van der Waals surface area contributed by atoms with Gasteiger partial charge in [-0.2, -0.15) is 0 Å². The minimum Gasteiger partial charge on any atom is -0.440 e. The number of carbonyl (C=O) groups is 1. The molecule has 2 aromatic heterocycles. The van der Waals surface area contributed by atoms with Crippen LogP contribution in [0.1, 0.15) is 42.5 Å². The number of hydrogen-bond acceptors (Lipinski definition) is 6. The highest BCUT2D eigenvalue weighted by molar-refractivity contribution is 5.76. The predicted octanol–water partition coefficient (Wildman–Crippen LogP) is 4.53. The molecular formula is C24H24N4O3. The quantitative estimate of drug-likeness (QED) is 0.475. The monoisotopic (exact) mass is 416 g/mol. The van der Waals surface area contributed by atoms with Gasteiger partial charge >= 0.3 is 0 Å². The van der Waals surface area contributed by atoms with Crippen LogP contribution in [0.3, 0.4) is 0 Å². The minimum absolute atomic E-state index is 0.0934. The average molecular weight is 416 g/mol. The molecule has 1 fully saturated rings. The van der Waals surface area contributed by atoms with Gasteiger partial charge in [0.25, 0.3) is 0 Å². The van der Waals surface area contributed by atoms with Gasteiger partial charge < -0.3 is 13.7 Å². The lowest BCUT2D eigenvalue weighted by molar-refractivity contribution is -0.132. The molecule has 3 heterocycles. The van der Waals surface area contributed by atoms with Crippen LogP contribution in [0, 0.1) is 6.92 Å². The number of aryl methyl sites for hydroxylation is 2. The van der Waals surface area contributed by atoms with Crippen LogP contribution in [-0.2, 0) is 11.2 Å². The molecule has 1 aliphatic rings. The summed E-state index contributed by atoms with van der Waals surface area (Å²) < 4.78 is 11.7. The maximum Gasteiger partial charge on any atom is 0.247 e. The fourth-order valence-corrected chi connectivity index (χ4v) is 4.01. The maximum absolute atomic E-state index is 12.8. The van der Waals surface area contributed by atoms with Crippen LogP contribution in [0.15, 0.2) is 57.4 Å². The summed E-state index contributed by atoms with van der Waals surface area (Å²) in [5.41, 5.74) is 3.71. The molecule has 7 nitrogen and oxygen atoms in total. The molecule has 5 rings (SSSR count). The zero-order chi connectivity index (χ0) is 21.2. The van der Waals surface area contributed by atoms with Crippen molar-refractivity contribution in [3.05, 3.63) is 65.9 Å². The first-order valence-electron chi connectivity index (χ1n) is 10.7. The molecule has 1 aliphatic heterocycles. The predicted molar refractivity (Wildman–Crippen MR) is 115 cm³/mol. The summed E-state index contributed by atoms with van der Waals surface area (Å²) in [6, 6.07) is 15.7. The summed E-state index contributed by atoms with van der Waals surface area (Å²) in [5, 5.41) is 8.22. The third-order valence-corrected chi connectivity index (χ3v) is 5.75. The van der Waals surface area contributed by atoms with Crippen molar-refractivity contribution in [3.63, 3.8) is 0 Å². The molecule has 31 heavy (non-hydrogen) atoms. The van der Waals surface area contributed by atoms with E-state index in [9.17, 15) is 4.79 Å². The zero-order valence-electron chi connectivity index (χ0n) is 17.5. The van der Waals surface area contributed by atoms with Crippen LogP contribution in [0.25, 0.3) is 22.6 Å². The number of carbonyl (C=O) groups excluding carboxylic acids is 1. The highest BCUT2D eigenvalue weighted by Crippen LogP contribution is 2.29. The molecule has 1 unspecified atom stereocenters. The van der Waals surface area contributed by atoms with Gasteiger partial charge in [-0.25, -0.2) is 4.98 Å². The number of oxazole rings is 1. The lowest BCUT2D eigenvalue weighted by atomic mass is 9.97. The SMILES string of the molecule is Cc1ccc(-c2nnc(CCC(=O)N3CCCC(c4nc5ccccc5o4)C3)o2)cc1. The van der Waals surface area contributed by atoms with E-state index >= 15 is 0 Å². The first-order valence-corrected chi connectivity index (χ1v) is 10.7. The van der Waals surface area contributed by atoms with E-state index in [0.717, 1.165) is 41.9 Å². The Bertz CT molecular complexity index is 1160. The molecule has 0 radical (unpaired) electrons. The van der Waals surface area contributed by atoms with Gasteiger partial charge in [0.15, 0.2) is 11.5 Å². The molecule has 7 heteroatoms. The van der Waals surface area contributed by atoms with Crippen molar-refractivity contribution >= 4 is 17.0 Å². The van der Waals surface area contributed by atoms with E-state index in [1.54, 1.807) is 0 Å². The highest BCUT2D eigenvalue weighted by atomic mass is 16.4. The zero-order valence-corrected chi connectivity index (χ0v) is 17.5. The van der Waals surface area contributed by atoms with Crippen molar-refractivity contribution in [2.24, 2.45) is 0 Å². The van der Waals surface area contributed by atoms with Gasteiger partial charge in [-0.3, -0.25) is 4.79 Å². The summed E-state index contributed by atoms with van der Waals surface area (Å²) >= 11 is 0. The molecule has 0 bridgehead atoms. The molecule has 1 saturated heterocycles. The summed E-state index contributed by atoms with van der Waals surface area (Å²) in [5.74, 6) is 1.91. The van der Waals surface area contributed by atoms with E-state index in [-0.39, 0.29) is 11.8 Å². The number of para-hydroxylation sites is 2. The highest BCUT2D eigenvalue weighted by Gasteiger charge is 2.28. The number of nitrogens with zero attached hydrogens (tertiary/aromatic N) is 4. The third-order valence-electron chi connectivity index (χ3n) is 5.75. The van der Waals surface area contributed by atoms with Crippen molar-refractivity contribution in [2.75, 3.05) is 13.1 Å². The first-order chi connectivity index (χ1) is 15.2. The Morgan fingerprint density at radius 3 is 2.77 bits per heavy atom. The number of fused-ring (bicyclic) bond motifs is 1. The first kappa shape index (κ1) is 19.5. The molecule has 0 saturated carbocycles. The maximum atomic E-state index is 12.8. The van der Waals surface area contributed by atoms with Gasteiger partial charge in [0.05, 0.1) is 5.92 Å². The summed E-state index contributed by atoms with van der Waals surface area (Å²) in [7, 11) is 0. The van der Waals surface area contributed by atoms with Gasteiger partial charge in [0.1, 0.15) is 5.52 Å². The Morgan fingerprint density at radius 2 is 1.94 bits per heavy atom. The second kappa shape index (κ2) is 8.34. The average Bonchev–Trinajstić information content (AvgIpc) is 3.45. The molecule has 4 aromatic rings. The van der Waals surface area contributed by atoms with E-state index in [4.69, 9.17) is 8.83 Å². The van der Waals surface area contributed by atoms with Crippen molar-refractivity contribution < 1.29 is 13.6 Å². The van der Waals surface area contributed by atoms with Crippen LogP contribution in [0.4, 0.5) is 0 Å². The van der Waals surface area contributed by atoms with E-state index in [0.29, 0.717) is 31.2 Å². The minimum atomic E-state index is 0.0934. The summed E-state index contributed by atoms with van der Waals surface area (Å²) in [4.78, 5) is 19.3. The van der Waals surface area contributed by atoms with Crippen LogP contribution >= 0.6 is 0 Å². The van der Waals surface area contributed by atoms with Gasteiger partial charge in [-0.15, -0.1) is 10.2 Å². The van der Waals surface area contributed by atoms with Crippen molar-refractivity contribution in [1.29, 1.82) is 0 Å². The van der Waals surface area contributed by atoms with E-state index < -0.39 is 0 Å². The van der Waals surface area contributed by atoms with E-state index in [2.05, 4.69) is 15.2 Å². The smallest absolute Gasteiger partial charge is 0.247 e. The molecule has 0 aliphatic carbocycles. The Labute approximate surface area is 180 Å². The molecule has 2 aromatic carbocycles. The van der Waals surface area contributed by atoms with Crippen LogP contribution in [-0.4, -0.2) is 39.1 Å². The molecule has 0 N–H and O–H groups in total. The molecule has 0 spiro atoms. The number of hydrogen-bond donors (Lipinski definition) is 0. The molecule has 158 valence electrons. The van der Waals surface area contributed by atoms with Gasteiger partial charge in [0, 0.05) is 31.5 Å². The molecule has 1 atom stereocenters. The van der Waals surface area contributed by atoms with E-state index in [1.165, 1.54) is 5.56 Å². The number of aromatic nitrogens is 3. The van der Waals surface area contributed by atoms with Crippen molar-refractivity contribution in [1.82, 2.24) is 20.1 Å². The van der Waals surface area contributed by atoms with E-state index in [1.807, 2.05) is 60.4 Å². The Balaban J connectivity index is 1.20. The van der Waals surface area contributed by atoms with Gasteiger partial charge in [0.2, 0.25) is 17.7 Å². The number of piperidine rings is 1. The molecule has 1 amide bonds. The number of benzene rings is 2. The second-order valence-corrected chi connectivity index (χ2v) is 8.07. The largest absolute Gasteiger partial charge is 0.440 e. The van der Waals surface area contributed by atoms with Crippen molar-refractivity contribution in [2.45, 2.75) is 38.5 Å². The number of likely N-dealkylation sites (tertiary alicyclic amines) is 1. The molecular weight excluding hydrogens is 392 g/mol. The Morgan fingerprint density at radius 1 is 1.10 bits per heavy atom. The topological polar surface area (TPSA) is 85.3 Å². The lowest BCUT2D eigenvalue weighted by Gasteiger charge is -2.31. The fraction of sp³-hybridized carbons (Fsp3) is 0.333. The van der Waals surface area contributed by atoms with Crippen LogP contribution in [0.2, 0.25) is 0 Å². The number of rotatable bonds is 5. The third kappa shape index (κ3) is 4.21. The van der Waals surface area contributed by atoms with Crippen LogP contribution < -0.4 is 0 Å².